The van der Waals surface area contributed by atoms with E-state index in [-0.39, 0.29) is 15.2 Å². The lowest BCUT2D eigenvalue weighted by Gasteiger charge is -2.03. The van der Waals surface area contributed by atoms with E-state index in [1.54, 1.807) is 13.8 Å². The highest BCUT2D eigenvalue weighted by Gasteiger charge is 2.21. The molecule has 0 aliphatic carbocycles. The summed E-state index contributed by atoms with van der Waals surface area (Å²) in [5.74, 6) is 0.905. The van der Waals surface area contributed by atoms with Gasteiger partial charge in [0.25, 0.3) is 10.0 Å². The van der Waals surface area contributed by atoms with Crippen molar-refractivity contribution in [1.82, 2.24) is 19.8 Å². The fourth-order valence-corrected chi connectivity index (χ4v) is 4.21. The van der Waals surface area contributed by atoms with E-state index in [1.807, 2.05) is 0 Å². The molecular weight excluding hydrogens is 312 g/mol. The maximum atomic E-state index is 12.0. The van der Waals surface area contributed by atoms with E-state index in [2.05, 4.69) is 19.8 Å². The number of hydrogen-bond donors (Lipinski definition) is 1. The van der Waals surface area contributed by atoms with Crippen molar-refractivity contribution in [3.63, 3.8) is 0 Å². The molecule has 10 heteroatoms. The van der Waals surface area contributed by atoms with Crippen LogP contribution in [0.4, 0.5) is 0 Å². The highest BCUT2D eigenvalue weighted by atomic mass is 35.5. The minimum atomic E-state index is -3.60. The summed E-state index contributed by atoms with van der Waals surface area (Å²) in [4.78, 5) is 7.85. The average Bonchev–Trinajstić information content (AvgIpc) is 2.85. The lowest BCUT2D eigenvalue weighted by atomic mass is 10.4. The van der Waals surface area contributed by atoms with Crippen molar-refractivity contribution in [2.45, 2.75) is 24.5 Å². The molecule has 2 heterocycles. The topological polar surface area (TPSA) is 98.0 Å². The minimum Gasteiger partial charge on any atom is -0.339 e. The van der Waals surface area contributed by atoms with Gasteiger partial charge >= 0.3 is 0 Å². The van der Waals surface area contributed by atoms with Gasteiger partial charge in [-0.05, 0) is 13.8 Å². The number of hydrogen-bond acceptors (Lipinski definition) is 7. The van der Waals surface area contributed by atoms with Crippen molar-refractivity contribution in [2.24, 2.45) is 0 Å². The summed E-state index contributed by atoms with van der Waals surface area (Å²) >= 11 is 6.61. The third-order valence-corrected chi connectivity index (χ3v) is 5.51. The molecule has 1 N–H and O–H groups in total. The Morgan fingerprint density at radius 3 is 2.63 bits per heavy atom. The van der Waals surface area contributed by atoms with Crippen molar-refractivity contribution >= 4 is 33.0 Å². The van der Waals surface area contributed by atoms with E-state index in [0.29, 0.717) is 23.8 Å². The number of halogens is 1. The number of rotatable bonds is 5. The van der Waals surface area contributed by atoms with Crippen LogP contribution < -0.4 is 4.72 Å². The van der Waals surface area contributed by atoms with Gasteiger partial charge in [0.15, 0.2) is 14.5 Å². The molecule has 2 aromatic rings. The number of aromatic nitrogens is 3. The summed E-state index contributed by atoms with van der Waals surface area (Å²) in [6.45, 7) is 3.46. The van der Waals surface area contributed by atoms with Crippen LogP contribution in [0.3, 0.4) is 0 Å². The van der Waals surface area contributed by atoms with E-state index in [1.165, 1.54) is 0 Å². The maximum Gasteiger partial charge on any atom is 0.251 e. The van der Waals surface area contributed by atoms with Crippen LogP contribution in [0.1, 0.15) is 17.4 Å². The third kappa shape index (κ3) is 3.50. The van der Waals surface area contributed by atoms with Gasteiger partial charge in [-0.1, -0.05) is 28.1 Å². The number of nitrogens with one attached hydrogen (secondary N) is 1. The standard InChI is InChI=1S/C9H11ClN4O3S2/c1-5-8(18-9(10)12-5)19(15,16)11-4-3-7-13-6(2)14-17-7/h11H,3-4H2,1-2H3. The maximum absolute atomic E-state index is 12.0. The molecule has 2 rings (SSSR count). The minimum absolute atomic E-state index is 0.124. The second kappa shape index (κ2) is 5.53. The van der Waals surface area contributed by atoms with Crippen molar-refractivity contribution in [3.8, 4) is 0 Å². The molecule has 0 fully saturated rings. The zero-order valence-corrected chi connectivity index (χ0v) is 12.6. The van der Waals surface area contributed by atoms with Gasteiger partial charge in [0.1, 0.15) is 0 Å². The molecule has 0 amide bonds. The first-order chi connectivity index (χ1) is 8.88. The molecule has 104 valence electrons. The molecule has 0 aliphatic rings. The predicted molar refractivity (Wildman–Crippen MR) is 69.8 cm³/mol. The lowest BCUT2D eigenvalue weighted by Crippen LogP contribution is -2.25. The molecule has 0 radical (unpaired) electrons. The molecule has 0 aromatic carbocycles. The van der Waals surface area contributed by atoms with Gasteiger partial charge < -0.3 is 4.52 Å². The van der Waals surface area contributed by atoms with E-state index in [0.717, 1.165) is 11.3 Å². The van der Waals surface area contributed by atoms with E-state index in [9.17, 15) is 8.42 Å². The molecule has 0 aliphatic heterocycles. The van der Waals surface area contributed by atoms with Crippen molar-refractivity contribution in [1.29, 1.82) is 0 Å². The van der Waals surface area contributed by atoms with Crippen molar-refractivity contribution in [2.75, 3.05) is 6.54 Å². The molecule has 0 bridgehead atoms. The van der Waals surface area contributed by atoms with Gasteiger partial charge in [-0.3, -0.25) is 0 Å². The van der Waals surface area contributed by atoms with E-state index in [4.69, 9.17) is 16.1 Å². The number of nitrogens with zero attached hydrogens (tertiary/aromatic N) is 3. The first-order valence-electron chi connectivity index (χ1n) is 5.30. The molecule has 0 atom stereocenters. The first kappa shape index (κ1) is 14.4. The Balaban J connectivity index is 2.00. The van der Waals surface area contributed by atoms with E-state index < -0.39 is 10.0 Å². The van der Waals surface area contributed by atoms with Crippen LogP contribution in [0, 0.1) is 13.8 Å². The molecule has 0 unspecified atom stereocenters. The van der Waals surface area contributed by atoms with Gasteiger partial charge in [0, 0.05) is 13.0 Å². The normalized spacial score (nSPS) is 11.9. The van der Waals surface area contributed by atoms with Gasteiger partial charge in [0.2, 0.25) is 5.89 Å². The Bertz CT molecular complexity index is 679. The van der Waals surface area contributed by atoms with Gasteiger partial charge in [-0.2, -0.15) is 4.98 Å². The van der Waals surface area contributed by atoms with Crippen molar-refractivity contribution < 1.29 is 12.9 Å². The number of aryl methyl sites for hydroxylation is 2. The monoisotopic (exact) mass is 322 g/mol. The summed E-state index contributed by atoms with van der Waals surface area (Å²) < 4.78 is 31.6. The second-order valence-electron chi connectivity index (χ2n) is 3.72. The second-order valence-corrected chi connectivity index (χ2v) is 7.27. The Morgan fingerprint density at radius 2 is 2.11 bits per heavy atom. The van der Waals surface area contributed by atoms with Crippen LogP contribution in [0.15, 0.2) is 8.73 Å². The summed E-state index contributed by atoms with van der Waals surface area (Å²) in [6, 6.07) is 0. The molecule has 0 saturated carbocycles. The van der Waals surface area contributed by atoms with E-state index >= 15 is 0 Å². The first-order valence-corrected chi connectivity index (χ1v) is 7.98. The van der Waals surface area contributed by atoms with Crippen LogP contribution >= 0.6 is 22.9 Å². The quantitative estimate of drug-likeness (QED) is 0.891. The zero-order valence-electron chi connectivity index (χ0n) is 10.2. The summed E-state index contributed by atoms with van der Waals surface area (Å²) in [6.07, 6.45) is 0.325. The number of thiazole rings is 1. The predicted octanol–water partition coefficient (Wildman–Crippen LogP) is 1.32. The molecule has 0 saturated heterocycles. The van der Waals surface area contributed by atoms with Crippen LogP contribution in [0.25, 0.3) is 0 Å². The summed E-state index contributed by atoms with van der Waals surface area (Å²) in [7, 11) is -3.60. The van der Waals surface area contributed by atoms with Crippen LogP contribution in [-0.4, -0.2) is 30.1 Å². The highest BCUT2D eigenvalue weighted by Crippen LogP contribution is 2.26. The molecule has 2 aromatic heterocycles. The molecule has 19 heavy (non-hydrogen) atoms. The third-order valence-electron chi connectivity index (χ3n) is 2.17. The van der Waals surface area contributed by atoms with Gasteiger partial charge in [-0.25, -0.2) is 18.1 Å². The zero-order chi connectivity index (χ0) is 14.0. The number of sulfonamides is 1. The summed E-state index contributed by atoms with van der Waals surface area (Å²) in [5, 5.41) is 3.62. The Labute approximate surface area is 119 Å². The molecule has 0 spiro atoms. The molecule has 7 nitrogen and oxygen atoms in total. The van der Waals surface area contributed by atoms with Gasteiger partial charge in [0.05, 0.1) is 5.69 Å². The fraction of sp³-hybridized carbons (Fsp3) is 0.444. The van der Waals surface area contributed by atoms with Crippen LogP contribution in [-0.2, 0) is 16.4 Å². The highest BCUT2D eigenvalue weighted by molar-refractivity contribution is 7.91. The lowest BCUT2D eigenvalue weighted by molar-refractivity contribution is 0.375. The smallest absolute Gasteiger partial charge is 0.251 e. The SMILES string of the molecule is Cc1noc(CCNS(=O)(=O)c2sc(Cl)nc2C)n1. The Kier molecular flexibility index (Phi) is 4.19. The molecular formula is C9H11ClN4O3S2. The summed E-state index contributed by atoms with van der Waals surface area (Å²) in [5.41, 5.74) is 0.385. The Morgan fingerprint density at radius 1 is 1.37 bits per heavy atom. The fourth-order valence-electron chi connectivity index (χ4n) is 1.40. The largest absolute Gasteiger partial charge is 0.339 e. The Hall–Kier alpha value is -1.03. The average molecular weight is 323 g/mol. The van der Waals surface area contributed by atoms with Crippen LogP contribution in [0.2, 0.25) is 4.47 Å². The van der Waals surface area contributed by atoms with Crippen LogP contribution in [0.5, 0.6) is 0 Å². The van der Waals surface area contributed by atoms with Crippen molar-refractivity contribution in [3.05, 3.63) is 21.9 Å². The van der Waals surface area contributed by atoms with Gasteiger partial charge in [-0.15, -0.1) is 0 Å².